The molecule has 20 heteroatoms. The zero-order valence-corrected chi connectivity index (χ0v) is 33.4. The zero-order chi connectivity index (χ0) is 43.0. The van der Waals surface area contributed by atoms with Crippen LogP contribution in [0.1, 0.15) is 89.1 Å². The van der Waals surface area contributed by atoms with Crippen molar-refractivity contribution in [3.8, 4) is 6.01 Å². The number of nitrogens with zero attached hydrogens (tertiary/aromatic N) is 4. The fourth-order valence-electron chi connectivity index (χ4n) is 6.21. The topological polar surface area (TPSA) is 214 Å². The first kappa shape index (κ1) is 47.0. The zero-order valence-electron chi connectivity index (χ0n) is 32.7. The Hall–Kier alpha value is -5.72. The first-order valence-electron chi connectivity index (χ1n) is 19.0. The van der Waals surface area contributed by atoms with Gasteiger partial charge in [-0.3, -0.25) is 14.4 Å². The molecule has 3 aromatic rings. The third-order valence-corrected chi connectivity index (χ3v) is 9.75. The van der Waals surface area contributed by atoms with Gasteiger partial charge in [0.15, 0.2) is 6.61 Å². The Morgan fingerprint density at radius 3 is 2.17 bits per heavy atom. The van der Waals surface area contributed by atoms with E-state index in [0.717, 1.165) is 5.56 Å². The number of aliphatic carboxylic acids is 1. The minimum Gasteiger partial charge on any atom is -0.480 e. The van der Waals surface area contributed by atoms with Gasteiger partial charge in [0.05, 0.1) is 5.54 Å². The van der Waals surface area contributed by atoms with E-state index in [4.69, 9.17) is 21.1 Å². The second-order valence-electron chi connectivity index (χ2n) is 15.4. The quantitative estimate of drug-likeness (QED) is 0.0903. The molecule has 326 valence electrons. The van der Waals surface area contributed by atoms with Crippen LogP contribution < -0.4 is 26.0 Å². The summed E-state index contributed by atoms with van der Waals surface area (Å²) < 4.78 is 49.1. The van der Waals surface area contributed by atoms with Crippen LogP contribution in [0.5, 0.6) is 6.01 Å². The summed E-state index contributed by atoms with van der Waals surface area (Å²) in [6.07, 6.45) is -2.05. The normalized spacial score (nSPS) is 15.4. The van der Waals surface area contributed by atoms with E-state index in [2.05, 4.69) is 36.2 Å². The number of carboxylic acid groups (broad SMARTS) is 1. The van der Waals surface area contributed by atoms with E-state index in [9.17, 15) is 42.3 Å². The molecule has 2 aromatic carbocycles. The molecule has 0 spiro atoms. The van der Waals surface area contributed by atoms with Crippen LogP contribution >= 0.6 is 11.6 Å². The van der Waals surface area contributed by atoms with E-state index in [1.807, 2.05) is 12.1 Å². The van der Waals surface area contributed by atoms with Gasteiger partial charge in [0.1, 0.15) is 11.6 Å². The van der Waals surface area contributed by atoms with Gasteiger partial charge in [-0.05, 0) is 107 Å². The molecule has 2 aliphatic rings. The predicted octanol–water partition coefficient (Wildman–Crippen LogP) is 6.63. The number of rotatable bonds is 17. The lowest BCUT2D eigenvalue weighted by Gasteiger charge is -2.33. The fourth-order valence-corrected chi connectivity index (χ4v) is 6.34. The number of anilines is 3. The Morgan fingerprint density at radius 2 is 1.58 bits per heavy atom. The number of hydrogen-bond acceptors (Lipinski definition) is 12. The van der Waals surface area contributed by atoms with Gasteiger partial charge in [-0.15, -0.1) is 0 Å². The average molecular weight is 863 g/mol. The number of alkyl halides is 3. The summed E-state index contributed by atoms with van der Waals surface area (Å²) in [6, 6.07) is 10.8. The van der Waals surface area contributed by atoms with Gasteiger partial charge in [0.25, 0.3) is 11.8 Å². The van der Waals surface area contributed by atoms with Gasteiger partial charge >= 0.3 is 24.2 Å². The van der Waals surface area contributed by atoms with Gasteiger partial charge in [-0.2, -0.15) is 28.1 Å². The average Bonchev–Trinajstić information content (AvgIpc) is 3.95. The first-order valence-corrected chi connectivity index (χ1v) is 19.3. The minimum absolute atomic E-state index is 0. The van der Waals surface area contributed by atoms with E-state index in [1.54, 1.807) is 37.8 Å². The number of ether oxygens (including phenoxy) is 2. The van der Waals surface area contributed by atoms with E-state index in [0.29, 0.717) is 55.9 Å². The van der Waals surface area contributed by atoms with Crippen molar-refractivity contribution in [1.82, 2.24) is 30.5 Å². The maximum absolute atomic E-state index is 13.0. The Kier molecular flexibility index (Phi) is 15.7. The lowest BCUT2D eigenvalue weighted by atomic mass is 9.91. The summed E-state index contributed by atoms with van der Waals surface area (Å²) in [5.41, 5.74) is 0.113. The van der Waals surface area contributed by atoms with Crippen LogP contribution in [0, 0.1) is 5.92 Å². The molecule has 60 heavy (non-hydrogen) atoms. The van der Waals surface area contributed by atoms with Crippen molar-refractivity contribution in [3.63, 3.8) is 0 Å². The highest BCUT2D eigenvalue weighted by Gasteiger charge is 2.45. The maximum atomic E-state index is 13.0. The summed E-state index contributed by atoms with van der Waals surface area (Å²) in [6.45, 7) is 4.53. The summed E-state index contributed by atoms with van der Waals surface area (Å²) in [7, 11) is 0. The summed E-state index contributed by atoms with van der Waals surface area (Å²) in [4.78, 5) is 76.1. The highest BCUT2D eigenvalue weighted by molar-refractivity contribution is 6.36. The minimum atomic E-state index is -4.65. The molecule has 1 aromatic heterocycles. The third-order valence-electron chi connectivity index (χ3n) is 9.50. The SMILES string of the molecule is C.CC(C)(C)OC(=O)N1CCC(CCC(=O)C(=O)NCC[C@H](NC(=O)c2ccc(Nc3nc(NC4(c5ccc(Cl)cc5)CC4)nc(OCC(F)(F)F)n3)cc2)C(=O)O)CC1. The second kappa shape index (κ2) is 20.0. The molecule has 0 radical (unpaired) electrons. The second-order valence-corrected chi connectivity index (χ2v) is 15.8. The number of Topliss-reactive ketones (excluding diaryl/α,β-unsaturated/α-hetero) is 1. The van der Waals surface area contributed by atoms with Gasteiger partial charge in [-0.25, -0.2) is 9.59 Å². The predicted molar refractivity (Wildman–Crippen MR) is 215 cm³/mol. The number of ketones is 1. The lowest BCUT2D eigenvalue weighted by Crippen LogP contribution is -2.43. The molecule has 16 nitrogen and oxygen atoms in total. The molecule has 0 bridgehead atoms. The van der Waals surface area contributed by atoms with Crippen molar-refractivity contribution in [2.45, 2.75) is 96.5 Å². The number of likely N-dealkylation sites (tertiary alicyclic amines) is 1. The number of aromatic nitrogens is 3. The number of halogens is 4. The monoisotopic (exact) mass is 862 g/mol. The first-order chi connectivity index (χ1) is 27.8. The molecular weight excluding hydrogens is 813 g/mol. The van der Waals surface area contributed by atoms with E-state index in [-0.39, 0.29) is 56.3 Å². The number of piperidine rings is 1. The lowest BCUT2D eigenvalue weighted by molar-refractivity contribution is -0.154. The van der Waals surface area contributed by atoms with Crippen LogP contribution in [-0.4, -0.2) is 98.7 Å². The largest absolute Gasteiger partial charge is 0.480 e. The molecule has 2 fully saturated rings. The van der Waals surface area contributed by atoms with Crippen LogP contribution in [0.4, 0.5) is 35.5 Å². The standard InChI is InChI=1S/C39H46ClF3N8O8.CH4/c1-37(2,3)59-36(57)51-20-15-23(16-21-51)4-13-29(52)31(54)44-19-14-28(32(55)56)46-30(53)24-5-11-27(12-6-24)45-33-47-34(49-35(48-33)58-22-39(41,42)43)50-38(17-18-38)25-7-9-26(40)10-8-25;/h5-12,23,28H,4,13-22H2,1-3H3,(H,44,54)(H,46,53)(H,55,56)(H2,45,47,48,49,50);1H4/t28-;/m0./s1. The molecule has 1 aliphatic heterocycles. The molecule has 0 unspecified atom stereocenters. The molecule has 1 saturated heterocycles. The fraction of sp³-hybridized carbons (Fsp3) is 0.500. The Morgan fingerprint density at radius 1 is 0.950 bits per heavy atom. The summed E-state index contributed by atoms with van der Waals surface area (Å²) >= 11 is 6.03. The van der Waals surface area contributed by atoms with Crippen molar-refractivity contribution >= 4 is 58.8 Å². The van der Waals surface area contributed by atoms with Crippen molar-refractivity contribution in [2.75, 3.05) is 36.9 Å². The Balaban J connectivity index is 0.00000794. The van der Waals surface area contributed by atoms with E-state index >= 15 is 0 Å². The number of carbonyl (C=O) groups excluding carboxylic acids is 4. The molecule has 1 atom stereocenters. The molecular formula is C40H50ClF3N8O8. The van der Waals surface area contributed by atoms with Crippen LogP contribution in [0.15, 0.2) is 48.5 Å². The number of nitrogens with one attached hydrogen (secondary N) is 4. The molecule has 2 heterocycles. The molecule has 3 amide bonds. The van der Waals surface area contributed by atoms with Crippen LogP contribution in [0.2, 0.25) is 5.02 Å². The number of amides is 3. The maximum Gasteiger partial charge on any atom is 0.422 e. The third kappa shape index (κ3) is 14.2. The molecule has 5 rings (SSSR count). The van der Waals surface area contributed by atoms with Gasteiger partial charge in [0, 0.05) is 42.3 Å². The van der Waals surface area contributed by atoms with Crippen LogP contribution in [0.3, 0.4) is 0 Å². The van der Waals surface area contributed by atoms with E-state index < -0.39 is 59.5 Å². The Bertz CT molecular complexity index is 1990. The highest BCUT2D eigenvalue weighted by atomic mass is 35.5. The summed E-state index contributed by atoms with van der Waals surface area (Å²) in [5.74, 6) is -3.65. The Labute approximate surface area is 350 Å². The van der Waals surface area contributed by atoms with Gasteiger partial charge in [0.2, 0.25) is 17.7 Å². The molecule has 1 aliphatic carbocycles. The van der Waals surface area contributed by atoms with Crippen molar-refractivity contribution in [1.29, 1.82) is 0 Å². The van der Waals surface area contributed by atoms with Gasteiger partial charge in [-0.1, -0.05) is 31.2 Å². The van der Waals surface area contributed by atoms with Crippen molar-refractivity contribution in [2.24, 2.45) is 5.92 Å². The van der Waals surface area contributed by atoms with Crippen LogP contribution in [-0.2, 0) is 24.7 Å². The smallest absolute Gasteiger partial charge is 0.422 e. The number of benzene rings is 2. The number of carbonyl (C=O) groups is 5. The highest BCUT2D eigenvalue weighted by Crippen LogP contribution is 2.48. The van der Waals surface area contributed by atoms with Crippen LogP contribution in [0.25, 0.3) is 0 Å². The number of carboxylic acids is 1. The van der Waals surface area contributed by atoms with Crippen molar-refractivity contribution in [3.05, 3.63) is 64.7 Å². The van der Waals surface area contributed by atoms with Crippen molar-refractivity contribution < 1.29 is 51.7 Å². The molecule has 1 saturated carbocycles. The summed E-state index contributed by atoms with van der Waals surface area (Å²) in [5, 5.41) is 21.1. The molecule has 5 N–H and O–H groups in total. The number of hydrogen-bond donors (Lipinski definition) is 5. The van der Waals surface area contributed by atoms with E-state index in [1.165, 1.54) is 24.3 Å². The van der Waals surface area contributed by atoms with Gasteiger partial charge < -0.3 is 40.7 Å².